The molecule has 0 aliphatic carbocycles. The smallest absolute Gasteiger partial charge is 0.226 e. The van der Waals surface area contributed by atoms with Crippen molar-refractivity contribution in [2.45, 2.75) is 12.7 Å². The van der Waals surface area contributed by atoms with Crippen molar-refractivity contribution >= 4 is 17.3 Å². The minimum atomic E-state index is -0.931. The first-order chi connectivity index (χ1) is 8.03. The van der Waals surface area contributed by atoms with Gasteiger partial charge in [0, 0.05) is 5.22 Å². The van der Waals surface area contributed by atoms with Gasteiger partial charge in [0.25, 0.3) is 0 Å². The zero-order chi connectivity index (χ0) is 12.6. The van der Waals surface area contributed by atoms with Gasteiger partial charge in [-0.25, -0.2) is 10.1 Å². The van der Waals surface area contributed by atoms with Gasteiger partial charge in [0.1, 0.15) is 0 Å². The Morgan fingerprint density at radius 1 is 1.41 bits per heavy atom. The molecule has 4 nitrogen and oxygen atoms in total. The summed E-state index contributed by atoms with van der Waals surface area (Å²) < 4.78 is 0. The van der Waals surface area contributed by atoms with Gasteiger partial charge in [-0.2, -0.15) is 0 Å². The van der Waals surface area contributed by atoms with Crippen molar-refractivity contribution in [2.75, 3.05) is 20.0 Å². The van der Waals surface area contributed by atoms with Crippen LogP contribution in [0, 0.1) is 0 Å². The van der Waals surface area contributed by atoms with Crippen molar-refractivity contribution in [1.29, 1.82) is 0 Å². The second-order valence-corrected chi connectivity index (χ2v) is 4.60. The molecule has 2 rings (SSSR count). The van der Waals surface area contributed by atoms with E-state index in [1.807, 2.05) is 45.3 Å². The molecule has 0 saturated carbocycles. The Bertz CT molecular complexity index is 543. The summed E-state index contributed by atoms with van der Waals surface area (Å²) in [5.41, 5.74) is 0.755. The third-order valence-electron chi connectivity index (χ3n) is 3.15. The number of hydrogen-bond donors (Lipinski definition) is 1. The molecule has 0 aromatic heterocycles. The van der Waals surface area contributed by atoms with Crippen molar-refractivity contribution in [1.82, 2.24) is 9.96 Å². The van der Waals surface area contributed by atoms with Crippen LogP contribution in [-0.2, 0) is 0 Å². The first-order valence-electron chi connectivity index (χ1n) is 5.41. The maximum absolute atomic E-state index is 10.3. The van der Waals surface area contributed by atoms with Crippen molar-refractivity contribution in [3.8, 4) is 0 Å². The van der Waals surface area contributed by atoms with E-state index in [0.29, 0.717) is 0 Å². The molecule has 92 valence electrons. The Labute approximate surface area is 105 Å². The number of rotatable bonds is 2. The second kappa shape index (κ2) is 4.29. The highest BCUT2D eigenvalue weighted by molar-refractivity contribution is 6.18. The molecular formula is C12H16ClN3O. The van der Waals surface area contributed by atoms with E-state index in [0.717, 1.165) is 21.3 Å². The zero-order valence-corrected chi connectivity index (χ0v) is 10.9. The summed E-state index contributed by atoms with van der Waals surface area (Å²) in [7, 11) is 3.69. The highest BCUT2D eigenvalue weighted by Gasteiger charge is 2.40. The van der Waals surface area contributed by atoms with E-state index in [2.05, 4.69) is 4.99 Å². The van der Waals surface area contributed by atoms with Crippen LogP contribution in [-0.4, -0.2) is 40.9 Å². The Hall–Kier alpha value is -1.10. The van der Waals surface area contributed by atoms with Crippen molar-refractivity contribution in [2.24, 2.45) is 4.99 Å². The summed E-state index contributed by atoms with van der Waals surface area (Å²) >= 11 is 6.01. The number of halogens is 1. The molecule has 1 heterocycles. The van der Waals surface area contributed by atoms with Crippen LogP contribution < -0.4 is 10.6 Å². The first kappa shape index (κ1) is 12.4. The molecule has 1 aromatic carbocycles. The van der Waals surface area contributed by atoms with E-state index in [1.54, 1.807) is 4.90 Å². The third-order valence-corrected chi connectivity index (χ3v) is 3.50. The average molecular weight is 254 g/mol. The first-order valence-corrected chi connectivity index (χ1v) is 5.95. The van der Waals surface area contributed by atoms with E-state index in [-0.39, 0.29) is 5.88 Å². The average Bonchev–Trinajstić information content (AvgIpc) is 2.33. The van der Waals surface area contributed by atoms with E-state index >= 15 is 0 Å². The molecule has 1 unspecified atom stereocenters. The molecule has 0 spiro atoms. The summed E-state index contributed by atoms with van der Waals surface area (Å²) in [6, 6.07) is 7.72. The predicted octanol–water partition coefficient (Wildman–Crippen LogP) is 0.593. The van der Waals surface area contributed by atoms with Crippen LogP contribution in [0.5, 0.6) is 0 Å². The number of benzene rings is 1. The van der Waals surface area contributed by atoms with Crippen molar-refractivity contribution in [3.63, 3.8) is 0 Å². The number of fused-ring (bicyclic) bond motifs is 1. The van der Waals surface area contributed by atoms with Gasteiger partial charge in [-0.05, 0) is 27.1 Å². The number of nitrogens with zero attached hydrogens (tertiary/aromatic N) is 3. The molecule has 0 amide bonds. The fourth-order valence-electron chi connectivity index (χ4n) is 2.00. The fraction of sp³-hybridized carbons (Fsp3) is 0.417. The van der Waals surface area contributed by atoms with E-state index < -0.39 is 5.79 Å². The number of hydrogen-bond acceptors (Lipinski definition) is 4. The minimum Gasteiger partial charge on any atom is -0.285 e. The molecule has 1 aliphatic heterocycles. The summed E-state index contributed by atoms with van der Waals surface area (Å²) in [6.07, 6.45) is 0. The van der Waals surface area contributed by atoms with E-state index in [9.17, 15) is 5.21 Å². The number of alkyl halides is 1. The maximum Gasteiger partial charge on any atom is 0.226 e. The zero-order valence-electron chi connectivity index (χ0n) is 10.2. The lowest BCUT2D eigenvalue weighted by Gasteiger charge is -2.43. The monoisotopic (exact) mass is 253 g/mol. The molecule has 0 fully saturated rings. The van der Waals surface area contributed by atoms with Crippen LogP contribution in [0.2, 0.25) is 0 Å². The molecule has 1 aliphatic rings. The van der Waals surface area contributed by atoms with Crippen molar-refractivity contribution < 1.29 is 5.21 Å². The summed E-state index contributed by atoms with van der Waals surface area (Å²) in [6.45, 7) is 1.86. The lowest BCUT2D eigenvalue weighted by atomic mass is 10.1. The van der Waals surface area contributed by atoms with Crippen LogP contribution in [0.15, 0.2) is 29.3 Å². The number of hydroxylamine groups is 2. The SMILES string of the molecule is CC1=c2ccccc2=NC(CCl)(N(C)C)N1O. The number of para-hydroxylation sites is 1. The Kier molecular flexibility index (Phi) is 3.12. The predicted molar refractivity (Wildman–Crippen MR) is 67.1 cm³/mol. The molecule has 1 atom stereocenters. The van der Waals surface area contributed by atoms with Gasteiger partial charge in [-0.3, -0.25) is 10.1 Å². The van der Waals surface area contributed by atoms with Crippen LogP contribution in [0.4, 0.5) is 0 Å². The molecule has 0 radical (unpaired) electrons. The molecule has 0 saturated heterocycles. The van der Waals surface area contributed by atoms with Gasteiger partial charge in [0.05, 0.1) is 16.9 Å². The molecule has 0 bridgehead atoms. The van der Waals surface area contributed by atoms with Gasteiger partial charge < -0.3 is 0 Å². The van der Waals surface area contributed by atoms with Gasteiger partial charge in [0.15, 0.2) is 0 Å². The second-order valence-electron chi connectivity index (χ2n) is 4.33. The fourth-order valence-corrected chi connectivity index (χ4v) is 2.41. The Balaban J connectivity index is 2.77. The highest BCUT2D eigenvalue weighted by atomic mass is 35.5. The minimum absolute atomic E-state index is 0.183. The summed E-state index contributed by atoms with van der Waals surface area (Å²) in [4.78, 5) is 6.38. The Morgan fingerprint density at radius 2 is 2.06 bits per heavy atom. The van der Waals surface area contributed by atoms with Crippen molar-refractivity contribution in [3.05, 3.63) is 34.8 Å². The summed E-state index contributed by atoms with van der Waals surface area (Å²) in [5, 5.41) is 13.2. The largest absolute Gasteiger partial charge is 0.285 e. The summed E-state index contributed by atoms with van der Waals surface area (Å²) in [5.74, 6) is -0.748. The maximum atomic E-state index is 10.3. The molecule has 1 N–H and O–H groups in total. The topological polar surface area (TPSA) is 39.1 Å². The quantitative estimate of drug-likeness (QED) is 0.785. The Morgan fingerprint density at radius 3 is 2.65 bits per heavy atom. The lowest BCUT2D eigenvalue weighted by Crippen LogP contribution is -2.61. The van der Waals surface area contributed by atoms with E-state index in [1.165, 1.54) is 0 Å². The van der Waals surface area contributed by atoms with Crippen LogP contribution in [0.3, 0.4) is 0 Å². The van der Waals surface area contributed by atoms with Crippen LogP contribution >= 0.6 is 11.6 Å². The molecular weight excluding hydrogens is 238 g/mol. The molecule has 1 aromatic rings. The standard InChI is InChI=1S/C12H16ClN3O/c1-9-10-6-4-5-7-11(10)14-12(8-13,15(2)3)16(9)17/h4-7,17H,8H2,1-3H3. The molecule has 17 heavy (non-hydrogen) atoms. The van der Waals surface area contributed by atoms with Gasteiger partial charge >= 0.3 is 0 Å². The highest BCUT2D eigenvalue weighted by Crippen LogP contribution is 2.25. The van der Waals surface area contributed by atoms with Gasteiger partial charge in [0.2, 0.25) is 5.79 Å². The van der Waals surface area contributed by atoms with Gasteiger partial charge in [-0.1, -0.05) is 18.2 Å². The lowest BCUT2D eigenvalue weighted by molar-refractivity contribution is -0.165. The van der Waals surface area contributed by atoms with Gasteiger partial charge in [-0.15, -0.1) is 11.6 Å². The third kappa shape index (κ3) is 1.73. The van der Waals surface area contributed by atoms with E-state index in [4.69, 9.17) is 11.6 Å². The van der Waals surface area contributed by atoms with Crippen LogP contribution in [0.25, 0.3) is 5.70 Å². The van der Waals surface area contributed by atoms with Crippen LogP contribution in [0.1, 0.15) is 6.92 Å². The normalized spacial score (nSPS) is 23.6. The molecule has 5 heteroatoms.